The lowest BCUT2D eigenvalue weighted by atomic mass is 9.70. The average molecular weight is 217 g/mol. The summed E-state index contributed by atoms with van der Waals surface area (Å²) in [5.74, 6) is 1.05. The highest BCUT2D eigenvalue weighted by atomic mass is 15.0. The van der Waals surface area contributed by atoms with Crippen molar-refractivity contribution in [3.63, 3.8) is 0 Å². The van der Waals surface area contributed by atoms with E-state index in [1.54, 1.807) is 0 Å². The van der Waals surface area contributed by atoms with Crippen LogP contribution in [-0.4, -0.2) is 9.97 Å². The Morgan fingerprint density at radius 2 is 1.94 bits per heavy atom. The van der Waals surface area contributed by atoms with Crippen molar-refractivity contribution < 1.29 is 0 Å². The molecular weight excluding hydrogens is 198 g/mol. The molecule has 3 rings (SSSR count). The number of nitrogen functional groups attached to an aromatic ring is 1. The van der Waals surface area contributed by atoms with E-state index in [-0.39, 0.29) is 5.41 Å². The summed E-state index contributed by atoms with van der Waals surface area (Å²) in [5.41, 5.74) is 9.96. The Balaban J connectivity index is 2.34. The molecular formula is C13H19N3. The van der Waals surface area contributed by atoms with Gasteiger partial charge in [-0.05, 0) is 36.7 Å². The predicted octanol–water partition coefficient (Wildman–Crippen LogP) is 2.54. The van der Waals surface area contributed by atoms with E-state index in [2.05, 4.69) is 37.7 Å². The fourth-order valence-corrected chi connectivity index (χ4v) is 3.87. The summed E-state index contributed by atoms with van der Waals surface area (Å²) in [5, 5.41) is 0. The number of aromatic nitrogens is 2. The summed E-state index contributed by atoms with van der Waals surface area (Å²) in [6.07, 6.45) is 2.50. The molecule has 1 heterocycles. The van der Waals surface area contributed by atoms with Gasteiger partial charge in [-0.2, -0.15) is 0 Å². The van der Waals surface area contributed by atoms with Crippen LogP contribution in [0.25, 0.3) is 0 Å². The lowest BCUT2D eigenvalue weighted by Gasteiger charge is -2.34. The van der Waals surface area contributed by atoms with Crippen LogP contribution < -0.4 is 5.73 Å². The molecule has 0 saturated heterocycles. The van der Waals surface area contributed by atoms with Crippen molar-refractivity contribution in [2.24, 2.45) is 5.41 Å². The minimum Gasteiger partial charge on any atom is -0.368 e. The van der Waals surface area contributed by atoms with E-state index in [0.717, 1.165) is 5.69 Å². The van der Waals surface area contributed by atoms with E-state index in [4.69, 9.17) is 5.73 Å². The highest BCUT2D eigenvalue weighted by molar-refractivity contribution is 5.49. The quantitative estimate of drug-likeness (QED) is 0.726. The lowest BCUT2D eigenvalue weighted by molar-refractivity contribution is 0.227. The molecule has 2 unspecified atom stereocenters. The Morgan fingerprint density at radius 1 is 1.25 bits per heavy atom. The second-order valence-corrected chi connectivity index (χ2v) is 6.07. The number of aryl methyl sites for hydroxylation is 1. The molecule has 2 atom stereocenters. The zero-order valence-electron chi connectivity index (χ0n) is 10.5. The van der Waals surface area contributed by atoms with Crippen LogP contribution in [0, 0.1) is 12.3 Å². The van der Waals surface area contributed by atoms with Crippen molar-refractivity contribution in [3.05, 3.63) is 17.0 Å². The summed E-state index contributed by atoms with van der Waals surface area (Å²) in [7, 11) is 0. The van der Waals surface area contributed by atoms with Gasteiger partial charge in [-0.15, -0.1) is 0 Å². The number of anilines is 1. The lowest BCUT2D eigenvalue weighted by Crippen LogP contribution is -2.32. The van der Waals surface area contributed by atoms with Gasteiger partial charge in [0.1, 0.15) is 0 Å². The first kappa shape index (κ1) is 10.1. The van der Waals surface area contributed by atoms with Gasteiger partial charge in [-0.1, -0.05) is 20.8 Å². The molecule has 2 aliphatic carbocycles. The standard InChI is InChI=1S/C13H19N3/c1-7-9-8-5-6-13(4,12(8,2)3)10(9)16-11(14)15-7/h8H,5-6H2,1-4H3,(H2,14,15,16). The van der Waals surface area contributed by atoms with Crippen molar-refractivity contribution in [3.8, 4) is 0 Å². The van der Waals surface area contributed by atoms with Crippen LogP contribution in [0.5, 0.6) is 0 Å². The first-order valence-electron chi connectivity index (χ1n) is 6.02. The normalized spacial score (nSPS) is 34.1. The molecule has 16 heavy (non-hydrogen) atoms. The Labute approximate surface area is 96.5 Å². The van der Waals surface area contributed by atoms with Gasteiger partial charge in [0.15, 0.2) is 0 Å². The van der Waals surface area contributed by atoms with Crippen molar-refractivity contribution in [2.75, 3.05) is 5.73 Å². The van der Waals surface area contributed by atoms with E-state index >= 15 is 0 Å². The van der Waals surface area contributed by atoms with Crippen LogP contribution in [0.1, 0.15) is 56.5 Å². The average Bonchev–Trinajstić information content (AvgIpc) is 2.48. The summed E-state index contributed by atoms with van der Waals surface area (Å²) in [4.78, 5) is 8.86. The van der Waals surface area contributed by atoms with E-state index < -0.39 is 0 Å². The molecule has 0 amide bonds. The van der Waals surface area contributed by atoms with Gasteiger partial charge in [0.25, 0.3) is 0 Å². The van der Waals surface area contributed by atoms with Gasteiger partial charge in [-0.25, -0.2) is 9.97 Å². The Kier molecular flexibility index (Phi) is 1.62. The molecule has 2 aliphatic rings. The second kappa shape index (κ2) is 2.58. The van der Waals surface area contributed by atoms with E-state index in [1.165, 1.54) is 24.1 Å². The van der Waals surface area contributed by atoms with Crippen molar-refractivity contribution in [1.82, 2.24) is 9.97 Å². The maximum Gasteiger partial charge on any atom is 0.220 e. The molecule has 2 N–H and O–H groups in total. The monoisotopic (exact) mass is 217 g/mol. The molecule has 0 spiro atoms. The number of nitrogens with two attached hydrogens (primary N) is 1. The molecule has 0 radical (unpaired) electrons. The highest BCUT2D eigenvalue weighted by Crippen LogP contribution is 2.67. The number of hydrogen-bond acceptors (Lipinski definition) is 3. The molecule has 3 nitrogen and oxygen atoms in total. The third-order valence-electron chi connectivity index (χ3n) is 5.25. The van der Waals surface area contributed by atoms with Gasteiger partial charge in [0, 0.05) is 11.1 Å². The number of rotatable bonds is 0. The summed E-state index contributed by atoms with van der Waals surface area (Å²) in [6.45, 7) is 9.13. The van der Waals surface area contributed by atoms with E-state index in [0.29, 0.717) is 17.3 Å². The summed E-state index contributed by atoms with van der Waals surface area (Å²) in [6, 6.07) is 0. The molecule has 3 heteroatoms. The molecule has 0 aromatic carbocycles. The van der Waals surface area contributed by atoms with Crippen LogP contribution in [-0.2, 0) is 5.41 Å². The zero-order valence-corrected chi connectivity index (χ0v) is 10.5. The number of nitrogens with zero attached hydrogens (tertiary/aromatic N) is 2. The third-order valence-corrected chi connectivity index (χ3v) is 5.25. The smallest absolute Gasteiger partial charge is 0.220 e. The molecule has 2 bridgehead atoms. The number of hydrogen-bond donors (Lipinski definition) is 1. The molecule has 86 valence electrons. The fraction of sp³-hybridized carbons (Fsp3) is 0.692. The van der Waals surface area contributed by atoms with Gasteiger partial charge in [0.05, 0.1) is 5.69 Å². The molecule has 1 saturated carbocycles. The van der Waals surface area contributed by atoms with Crippen LogP contribution in [0.15, 0.2) is 0 Å². The first-order valence-corrected chi connectivity index (χ1v) is 6.02. The van der Waals surface area contributed by atoms with Crippen LogP contribution in [0.2, 0.25) is 0 Å². The topological polar surface area (TPSA) is 51.8 Å². The Bertz CT molecular complexity index is 478. The minimum atomic E-state index is 0.189. The molecule has 1 aromatic heterocycles. The predicted molar refractivity (Wildman–Crippen MR) is 64.3 cm³/mol. The van der Waals surface area contributed by atoms with Gasteiger partial charge in [0.2, 0.25) is 5.95 Å². The first-order chi connectivity index (χ1) is 7.38. The summed E-state index contributed by atoms with van der Waals surface area (Å²) >= 11 is 0. The Morgan fingerprint density at radius 3 is 2.62 bits per heavy atom. The van der Waals surface area contributed by atoms with Crippen molar-refractivity contribution in [2.45, 2.75) is 51.9 Å². The van der Waals surface area contributed by atoms with Gasteiger partial charge in [-0.3, -0.25) is 0 Å². The second-order valence-electron chi connectivity index (χ2n) is 6.07. The van der Waals surface area contributed by atoms with E-state index in [1.807, 2.05) is 0 Å². The minimum absolute atomic E-state index is 0.189. The van der Waals surface area contributed by atoms with E-state index in [9.17, 15) is 0 Å². The van der Waals surface area contributed by atoms with Crippen LogP contribution >= 0.6 is 0 Å². The van der Waals surface area contributed by atoms with Crippen molar-refractivity contribution >= 4 is 5.95 Å². The number of fused-ring (bicyclic) bond motifs is 5. The molecule has 1 aromatic rings. The van der Waals surface area contributed by atoms with Crippen molar-refractivity contribution in [1.29, 1.82) is 0 Å². The largest absolute Gasteiger partial charge is 0.368 e. The maximum absolute atomic E-state index is 5.79. The molecule has 0 aliphatic heterocycles. The SMILES string of the molecule is Cc1nc(N)nc2c1C1CCC2(C)C1(C)C. The van der Waals surface area contributed by atoms with Gasteiger partial charge < -0.3 is 5.73 Å². The molecule has 1 fully saturated rings. The van der Waals surface area contributed by atoms with Crippen LogP contribution in [0.3, 0.4) is 0 Å². The maximum atomic E-state index is 5.79. The van der Waals surface area contributed by atoms with Crippen LogP contribution in [0.4, 0.5) is 5.95 Å². The zero-order chi connectivity index (χ0) is 11.7. The summed E-state index contributed by atoms with van der Waals surface area (Å²) < 4.78 is 0. The third kappa shape index (κ3) is 0.864. The van der Waals surface area contributed by atoms with Gasteiger partial charge >= 0.3 is 0 Å². The Hall–Kier alpha value is -1.12. The fourth-order valence-electron chi connectivity index (χ4n) is 3.87. The highest BCUT2D eigenvalue weighted by Gasteiger charge is 2.61.